The number of hydrogen-bond donors (Lipinski definition) is 1. The topological polar surface area (TPSA) is 28.2 Å². The first-order chi connectivity index (χ1) is 11.4. The Balaban J connectivity index is 1.29. The zero-order valence-electron chi connectivity index (χ0n) is 13.6. The van der Waals surface area contributed by atoms with Gasteiger partial charge in [0.15, 0.2) is 0 Å². The monoisotopic (exact) mass is 327 g/mol. The number of nitrogens with one attached hydrogen (secondary N) is 1. The molecule has 2 heterocycles. The van der Waals surface area contributed by atoms with Crippen LogP contribution < -0.4 is 5.32 Å². The molecule has 23 heavy (non-hydrogen) atoms. The van der Waals surface area contributed by atoms with Gasteiger partial charge in [0, 0.05) is 36.1 Å². The van der Waals surface area contributed by atoms with E-state index >= 15 is 0 Å². The van der Waals surface area contributed by atoms with Crippen molar-refractivity contribution < 1.29 is 0 Å². The molecular formula is C19H25N3S. The Morgan fingerprint density at radius 3 is 2.78 bits per heavy atom. The molecule has 0 bridgehead atoms. The summed E-state index contributed by atoms with van der Waals surface area (Å²) >= 11 is 1.76. The molecule has 1 aromatic heterocycles. The van der Waals surface area contributed by atoms with E-state index in [0.29, 0.717) is 0 Å². The van der Waals surface area contributed by atoms with Gasteiger partial charge in [-0.3, -0.25) is 4.90 Å². The molecule has 1 saturated carbocycles. The van der Waals surface area contributed by atoms with Crippen molar-refractivity contribution in [3.63, 3.8) is 0 Å². The fourth-order valence-corrected chi connectivity index (χ4v) is 4.53. The molecule has 0 spiro atoms. The van der Waals surface area contributed by atoms with Gasteiger partial charge >= 0.3 is 0 Å². The highest BCUT2D eigenvalue weighted by molar-refractivity contribution is 7.09. The second-order valence-electron chi connectivity index (χ2n) is 6.74. The molecule has 2 aliphatic rings. The van der Waals surface area contributed by atoms with Crippen LogP contribution >= 0.6 is 11.3 Å². The van der Waals surface area contributed by atoms with Gasteiger partial charge in [0.1, 0.15) is 5.01 Å². The Kier molecular flexibility index (Phi) is 4.74. The molecule has 1 atom stereocenters. The molecule has 122 valence electrons. The van der Waals surface area contributed by atoms with Crippen molar-refractivity contribution in [2.24, 2.45) is 0 Å². The van der Waals surface area contributed by atoms with Crippen molar-refractivity contribution in [2.75, 3.05) is 13.1 Å². The van der Waals surface area contributed by atoms with E-state index in [1.807, 2.05) is 6.07 Å². The largest absolute Gasteiger partial charge is 0.309 e. The van der Waals surface area contributed by atoms with E-state index in [0.717, 1.165) is 30.9 Å². The maximum absolute atomic E-state index is 4.77. The number of aromatic nitrogens is 1. The molecule has 1 aliphatic heterocycles. The lowest BCUT2D eigenvalue weighted by atomic mass is 9.91. The fourth-order valence-electron chi connectivity index (χ4n) is 3.76. The van der Waals surface area contributed by atoms with E-state index in [-0.39, 0.29) is 0 Å². The van der Waals surface area contributed by atoms with E-state index in [1.165, 1.54) is 49.2 Å². The van der Waals surface area contributed by atoms with Gasteiger partial charge in [-0.1, -0.05) is 36.8 Å². The number of benzene rings is 1. The number of hydrogen-bond acceptors (Lipinski definition) is 4. The van der Waals surface area contributed by atoms with Gasteiger partial charge in [-0.25, -0.2) is 4.98 Å². The fraction of sp³-hybridized carbons (Fsp3) is 0.526. The number of rotatable bonds is 6. The summed E-state index contributed by atoms with van der Waals surface area (Å²) in [7, 11) is 0. The summed E-state index contributed by atoms with van der Waals surface area (Å²) in [6.45, 7) is 3.32. The van der Waals surface area contributed by atoms with Crippen LogP contribution in [0.3, 0.4) is 0 Å². The van der Waals surface area contributed by atoms with Crippen LogP contribution in [0.25, 0.3) is 11.3 Å². The molecule has 0 radical (unpaired) electrons. The smallest absolute Gasteiger partial charge is 0.107 e. The molecule has 2 fully saturated rings. The molecular weight excluding hydrogens is 302 g/mol. The molecule has 1 aliphatic carbocycles. The summed E-state index contributed by atoms with van der Waals surface area (Å²) in [6, 6.07) is 12.1. The standard InChI is InChI=1S/C19H25N3S/c1-2-6-15(7-3-1)18-14-23-19(21-18)13-20-12-17-10-5-11-22(17)16-8-4-9-16/h1-3,6-7,14,16-17,20H,4-5,8-13H2/t17-/m0/s1. The Hall–Kier alpha value is -1.23. The summed E-state index contributed by atoms with van der Waals surface area (Å²) in [5, 5.41) is 7.01. The van der Waals surface area contributed by atoms with Gasteiger partial charge in [0.05, 0.1) is 5.69 Å². The third kappa shape index (κ3) is 3.49. The van der Waals surface area contributed by atoms with Gasteiger partial charge in [-0.2, -0.15) is 0 Å². The van der Waals surface area contributed by atoms with Crippen LogP contribution in [-0.4, -0.2) is 35.1 Å². The summed E-state index contributed by atoms with van der Waals surface area (Å²) in [5.74, 6) is 0. The Labute approximate surface area is 142 Å². The molecule has 1 N–H and O–H groups in total. The lowest BCUT2D eigenvalue weighted by Crippen LogP contribution is -2.46. The van der Waals surface area contributed by atoms with Crippen LogP contribution in [0.5, 0.6) is 0 Å². The highest BCUT2D eigenvalue weighted by atomic mass is 32.1. The van der Waals surface area contributed by atoms with Crippen molar-refractivity contribution in [1.82, 2.24) is 15.2 Å². The first-order valence-electron chi connectivity index (χ1n) is 8.86. The number of nitrogens with zero attached hydrogens (tertiary/aromatic N) is 2. The molecule has 0 amide bonds. The van der Waals surface area contributed by atoms with E-state index in [1.54, 1.807) is 11.3 Å². The second kappa shape index (κ2) is 7.12. The van der Waals surface area contributed by atoms with E-state index in [4.69, 9.17) is 4.98 Å². The number of thiazole rings is 1. The van der Waals surface area contributed by atoms with E-state index in [9.17, 15) is 0 Å². The van der Waals surface area contributed by atoms with Gasteiger partial charge in [0.25, 0.3) is 0 Å². The predicted octanol–water partition coefficient (Wildman–Crippen LogP) is 3.92. The second-order valence-corrected chi connectivity index (χ2v) is 7.68. The van der Waals surface area contributed by atoms with Gasteiger partial charge in [-0.05, 0) is 32.2 Å². The predicted molar refractivity (Wildman–Crippen MR) is 96.6 cm³/mol. The maximum Gasteiger partial charge on any atom is 0.107 e. The molecule has 4 rings (SSSR count). The van der Waals surface area contributed by atoms with Gasteiger partial charge < -0.3 is 5.32 Å². The summed E-state index contributed by atoms with van der Waals surface area (Å²) in [6.07, 6.45) is 7.00. The SMILES string of the molecule is c1ccc(-c2csc(CNC[C@@H]3CCCN3C3CCC3)n2)cc1. The molecule has 1 saturated heterocycles. The lowest BCUT2D eigenvalue weighted by Gasteiger charge is -2.38. The first-order valence-corrected chi connectivity index (χ1v) is 9.74. The minimum Gasteiger partial charge on any atom is -0.309 e. The minimum absolute atomic E-state index is 0.744. The summed E-state index contributed by atoms with van der Waals surface area (Å²) in [5.41, 5.74) is 2.31. The molecule has 3 nitrogen and oxygen atoms in total. The zero-order valence-corrected chi connectivity index (χ0v) is 14.4. The van der Waals surface area contributed by atoms with Gasteiger partial charge in [0.2, 0.25) is 0 Å². The lowest BCUT2D eigenvalue weighted by molar-refractivity contribution is 0.113. The molecule has 2 aromatic rings. The highest BCUT2D eigenvalue weighted by Crippen LogP contribution is 2.31. The first kappa shape index (κ1) is 15.3. The van der Waals surface area contributed by atoms with Crippen LogP contribution in [0.1, 0.15) is 37.1 Å². The van der Waals surface area contributed by atoms with Crippen LogP contribution in [0.2, 0.25) is 0 Å². The molecule has 4 heteroatoms. The zero-order chi connectivity index (χ0) is 15.5. The van der Waals surface area contributed by atoms with Crippen LogP contribution in [0, 0.1) is 0 Å². The van der Waals surface area contributed by atoms with Crippen molar-refractivity contribution in [3.05, 3.63) is 40.7 Å². The van der Waals surface area contributed by atoms with Crippen LogP contribution in [-0.2, 0) is 6.54 Å². The summed E-state index contributed by atoms with van der Waals surface area (Å²) < 4.78 is 0. The van der Waals surface area contributed by atoms with E-state index in [2.05, 4.69) is 39.9 Å². The summed E-state index contributed by atoms with van der Waals surface area (Å²) in [4.78, 5) is 7.53. The van der Waals surface area contributed by atoms with Crippen molar-refractivity contribution in [2.45, 2.75) is 50.7 Å². The third-order valence-corrected chi connectivity index (χ3v) is 6.09. The average molecular weight is 327 g/mol. The Bertz CT molecular complexity index is 621. The van der Waals surface area contributed by atoms with Crippen molar-refractivity contribution in [1.29, 1.82) is 0 Å². The van der Waals surface area contributed by atoms with Crippen molar-refractivity contribution in [3.8, 4) is 11.3 Å². The highest BCUT2D eigenvalue weighted by Gasteiger charge is 2.33. The average Bonchev–Trinajstić information content (AvgIpc) is 3.17. The number of likely N-dealkylation sites (tertiary alicyclic amines) is 1. The third-order valence-electron chi connectivity index (χ3n) is 5.24. The van der Waals surface area contributed by atoms with Crippen molar-refractivity contribution >= 4 is 11.3 Å². The normalized spacial score (nSPS) is 22.3. The Morgan fingerprint density at radius 2 is 2.00 bits per heavy atom. The maximum atomic E-state index is 4.77. The van der Waals surface area contributed by atoms with Crippen LogP contribution in [0.15, 0.2) is 35.7 Å². The minimum atomic E-state index is 0.744. The molecule has 1 aromatic carbocycles. The Morgan fingerprint density at radius 1 is 1.13 bits per heavy atom. The quantitative estimate of drug-likeness (QED) is 0.872. The van der Waals surface area contributed by atoms with Gasteiger partial charge in [-0.15, -0.1) is 11.3 Å². The molecule has 0 unspecified atom stereocenters. The van der Waals surface area contributed by atoms with E-state index < -0.39 is 0 Å². The van der Waals surface area contributed by atoms with Crippen LogP contribution in [0.4, 0.5) is 0 Å².